The molecule has 0 N–H and O–H groups in total. The van der Waals surface area contributed by atoms with Gasteiger partial charge in [0.1, 0.15) is 0 Å². The minimum Gasteiger partial charge on any atom is -0.259 e. The van der Waals surface area contributed by atoms with Crippen molar-refractivity contribution in [1.82, 2.24) is 0 Å². The number of hydrogen-bond acceptors (Lipinski definition) is 2. The molecule has 3 saturated carbocycles. The topological polar surface area (TPSA) is 43.1 Å². The van der Waals surface area contributed by atoms with Gasteiger partial charge >= 0.3 is 0 Å². The second-order valence-corrected chi connectivity index (χ2v) is 8.90. The zero-order valence-electron chi connectivity index (χ0n) is 14.5. The Morgan fingerprint density at radius 1 is 1.13 bits per heavy atom. The molecule has 0 aliphatic heterocycles. The Morgan fingerprint density at radius 2 is 1.91 bits per heavy atom. The van der Waals surface area contributed by atoms with Crippen LogP contribution < -0.4 is 0 Å². The Labute approximate surface area is 139 Å². The lowest BCUT2D eigenvalue weighted by Crippen LogP contribution is -2.48. The summed E-state index contributed by atoms with van der Waals surface area (Å²) < 4.78 is 0. The molecule has 5 atom stereocenters. The Kier molecular flexibility index (Phi) is 3.48. The van der Waals surface area contributed by atoms with Crippen molar-refractivity contribution in [2.45, 2.75) is 71.6 Å². The second kappa shape index (κ2) is 5.19. The molecule has 0 amide bonds. The van der Waals surface area contributed by atoms with E-state index in [4.69, 9.17) is 0 Å². The van der Waals surface area contributed by atoms with Crippen LogP contribution in [-0.2, 0) is 0 Å². The molecule has 3 heteroatoms. The molecule has 3 fully saturated rings. The van der Waals surface area contributed by atoms with Crippen molar-refractivity contribution in [2.24, 2.45) is 28.6 Å². The number of rotatable bonds is 1. The van der Waals surface area contributed by atoms with Gasteiger partial charge in [0.05, 0.1) is 4.92 Å². The summed E-state index contributed by atoms with van der Waals surface area (Å²) in [5.74, 6) is 2.22. The van der Waals surface area contributed by atoms with E-state index in [1.807, 2.05) is 0 Å². The Balaban J connectivity index is 1.68. The number of fused-ring (bicyclic) bond motifs is 5. The summed E-state index contributed by atoms with van der Waals surface area (Å²) in [7, 11) is 0. The molecule has 0 aromatic carbocycles. The van der Waals surface area contributed by atoms with Gasteiger partial charge in [0.15, 0.2) is 0 Å². The lowest BCUT2D eigenvalue weighted by atomic mass is 9.48. The second-order valence-electron chi connectivity index (χ2n) is 8.90. The molecule has 0 saturated heterocycles. The van der Waals surface area contributed by atoms with E-state index in [1.54, 1.807) is 5.57 Å². The summed E-state index contributed by atoms with van der Waals surface area (Å²) >= 11 is 0. The molecule has 4 aliphatic carbocycles. The highest BCUT2D eigenvalue weighted by atomic mass is 16.6. The maximum absolute atomic E-state index is 11.0. The van der Waals surface area contributed by atoms with Crippen molar-refractivity contribution in [2.75, 3.05) is 0 Å². The van der Waals surface area contributed by atoms with Crippen molar-refractivity contribution in [3.63, 3.8) is 0 Å². The average molecular weight is 315 g/mol. The van der Waals surface area contributed by atoms with Crippen LogP contribution >= 0.6 is 0 Å². The fraction of sp³-hybridized carbons (Fsp3) is 0.800. The first-order valence-electron chi connectivity index (χ1n) is 9.49. The molecule has 0 heterocycles. The van der Waals surface area contributed by atoms with Gasteiger partial charge in [0.25, 0.3) is 0 Å². The van der Waals surface area contributed by atoms with E-state index in [0.29, 0.717) is 11.3 Å². The minimum absolute atomic E-state index is 0.0879. The van der Waals surface area contributed by atoms with E-state index >= 15 is 0 Å². The third-order valence-corrected chi connectivity index (χ3v) is 8.13. The van der Waals surface area contributed by atoms with Gasteiger partial charge in [-0.25, -0.2) is 0 Å². The molecule has 126 valence electrons. The molecule has 0 spiro atoms. The molecule has 4 aliphatic rings. The smallest absolute Gasteiger partial charge is 0.234 e. The first-order valence-corrected chi connectivity index (χ1v) is 9.49. The molecule has 0 bridgehead atoms. The zero-order valence-corrected chi connectivity index (χ0v) is 14.5. The largest absolute Gasteiger partial charge is 0.259 e. The average Bonchev–Trinajstić information content (AvgIpc) is 2.83. The third-order valence-electron chi connectivity index (χ3n) is 8.13. The molecule has 0 aromatic rings. The van der Waals surface area contributed by atoms with E-state index in [1.165, 1.54) is 44.7 Å². The quantitative estimate of drug-likeness (QED) is 0.364. The van der Waals surface area contributed by atoms with Crippen LogP contribution in [0, 0.1) is 38.7 Å². The first kappa shape index (κ1) is 15.4. The lowest BCUT2D eigenvalue weighted by molar-refractivity contribution is -0.404. The van der Waals surface area contributed by atoms with Gasteiger partial charge in [0.2, 0.25) is 6.20 Å². The van der Waals surface area contributed by atoms with Gasteiger partial charge < -0.3 is 0 Å². The summed E-state index contributed by atoms with van der Waals surface area (Å²) in [6.07, 6.45) is 15.1. The van der Waals surface area contributed by atoms with Gasteiger partial charge in [-0.1, -0.05) is 31.9 Å². The maximum Gasteiger partial charge on any atom is 0.234 e. The van der Waals surface area contributed by atoms with Crippen LogP contribution in [0.4, 0.5) is 0 Å². The molecule has 3 nitrogen and oxygen atoms in total. The summed E-state index contributed by atoms with van der Waals surface area (Å²) in [5.41, 5.74) is 3.38. The summed E-state index contributed by atoms with van der Waals surface area (Å²) in [6.45, 7) is 4.85. The number of allylic oxidation sites excluding steroid dienone is 3. The van der Waals surface area contributed by atoms with E-state index in [2.05, 4.69) is 19.9 Å². The van der Waals surface area contributed by atoms with Crippen LogP contribution in [0.15, 0.2) is 23.4 Å². The number of hydrogen-bond donors (Lipinski definition) is 0. The predicted octanol–water partition coefficient (Wildman–Crippen LogP) is 5.50. The lowest BCUT2D eigenvalue weighted by Gasteiger charge is -2.56. The third kappa shape index (κ3) is 2.15. The summed E-state index contributed by atoms with van der Waals surface area (Å²) in [6, 6.07) is 0. The van der Waals surface area contributed by atoms with Crippen LogP contribution in [0.2, 0.25) is 0 Å². The Bertz CT molecular complexity index is 592. The van der Waals surface area contributed by atoms with Crippen molar-refractivity contribution in [3.8, 4) is 0 Å². The van der Waals surface area contributed by atoms with Crippen LogP contribution in [-0.4, -0.2) is 4.92 Å². The van der Waals surface area contributed by atoms with E-state index < -0.39 is 0 Å². The normalized spacial score (nSPS) is 47.5. The number of nitro groups is 1. The van der Waals surface area contributed by atoms with E-state index in [0.717, 1.165) is 36.7 Å². The Hall–Kier alpha value is -1.12. The summed E-state index contributed by atoms with van der Waals surface area (Å²) in [5, 5.41) is 11.0. The van der Waals surface area contributed by atoms with Gasteiger partial charge in [-0.3, -0.25) is 10.1 Å². The fourth-order valence-corrected chi connectivity index (χ4v) is 6.89. The van der Waals surface area contributed by atoms with Crippen molar-refractivity contribution >= 4 is 0 Å². The van der Waals surface area contributed by atoms with Crippen LogP contribution in [0.3, 0.4) is 0 Å². The van der Waals surface area contributed by atoms with Gasteiger partial charge in [-0.15, -0.1) is 0 Å². The molecule has 0 aromatic heterocycles. The van der Waals surface area contributed by atoms with Gasteiger partial charge in [-0.05, 0) is 80.0 Å². The van der Waals surface area contributed by atoms with Gasteiger partial charge in [-0.2, -0.15) is 0 Å². The fourth-order valence-electron chi connectivity index (χ4n) is 6.89. The molecule has 4 rings (SSSR count). The molecule has 23 heavy (non-hydrogen) atoms. The van der Waals surface area contributed by atoms with Crippen LogP contribution in [0.1, 0.15) is 71.6 Å². The Morgan fingerprint density at radius 3 is 2.70 bits per heavy atom. The van der Waals surface area contributed by atoms with Crippen LogP contribution in [0.5, 0.6) is 0 Å². The summed E-state index contributed by atoms with van der Waals surface area (Å²) in [4.78, 5) is 10.8. The first-order chi connectivity index (χ1) is 10.9. The van der Waals surface area contributed by atoms with Crippen molar-refractivity contribution in [3.05, 3.63) is 33.5 Å². The van der Waals surface area contributed by atoms with Crippen molar-refractivity contribution in [1.29, 1.82) is 0 Å². The van der Waals surface area contributed by atoms with Crippen LogP contribution in [0.25, 0.3) is 0 Å². The molecule has 0 unspecified atom stereocenters. The highest BCUT2D eigenvalue weighted by molar-refractivity contribution is 5.28. The monoisotopic (exact) mass is 315 g/mol. The molecular formula is C20H29NO2. The minimum atomic E-state index is -0.226. The zero-order chi connectivity index (χ0) is 16.2. The maximum atomic E-state index is 11.0. The standard InChI is InChI=1S/C20H29NO2/c1-19-11-4-3-5-14(19)6-8-16-17-9-7-15(13-21(22)23)20(17,2)12-10-18(16)19/h6,13,16-18H,3-5,7-12H2,1-2H3/t16-,17-,18-,19-,20+/m0/s1. The van der Waals surface area contributed by atoms with E-state index in [9.17, 15) is 10.1 Å². The van der Waals surface area contributed by atoms with E-state index in [-0.39, 0.29) is 10.3 Å². The number of nitrogens with zero attached hydrogens (tertiary/aromatic N) is 1. The molecule has 0 radical (unpaired) electrons. The highest BCUT2D eigenvalue weighted by Gasteiger charge is 2.57. The highest BCUT2D eigenvalue weighted by Crippen LogP contribution is 2.66. The van der Waals surface area contributed by atoms with Crippen molar-refractivity contribution < 1.29 is 4.92 Å². The molecular weight excluding hydrogens is 286 g/mol. The SMILES string of the molecule is C[C@]12CCCCC1=CC[C@@H]1[C@@H]2CC[C@]2(C)C(=C[N+](=O)[O-])CC[C@@H]12. The van der Waals surface area contributed by atoms with Gasteiger partial charge in [0, 0.05) is 5.57 Å². The predicted molar refractivity (Wildman–Crippen MR) is 91.4 cm³/mol.